The fourth-order valence-corrected chi connectivity index (χ4v) is 5.75. The van der Waals surface area contributed by atoms with Crippen LogP contribution in [0, 0.1) is 0 Å². The zero-order valence-electron chi connectivity index (χ0n) is 18.2. The highest BCUT2D eigenvalue weighted by Gasteiger charge is 2.37. The van der Waals surface area contributed by atoms with Gasteiger partial charge in [-0.1, -0.05) is 27.5 Å². The number of aromatic nitrogens is 2. The SMILES string of the molecule is CCn1nc(C(=O)NCC2(O)CCC(S(C)(=O)=O)CC2)c(Cl)c1-c1ccc(Br)cc1OC. The molecule has 2 aromatic rings. The molecule has 1 fully saturated rings. The van der Waals surface area contributed by atoms with E-state index < -0.39 is 26.6 Å². The van der Waals surface area contributed by atoms with Crippen molar-refractivity contribution in [2.24, 2.45) is 0 Å². The number of hydrogen-bond donors (Lipinski definition) is 2. The monoisotopic (exact) mass is 547 g/mol. The Morgan fingerprint density at radius 2 is 2.06 bits per heavy atom. The van der Waals surface area contributed by atoms with Gasteiger partial charge < -0.3 is 15.2 Å². The highest BCUT2D eigenvalue weighted by Crippen LogP contribution is 2.38. The number of rotatable bonds is 7. The average Bonchev–Trinajstić information content (AvgIpc) is 3.08. The highest BCUT2D eigenvalue weighted by atomic mass is 79.9. The largest absolute Gasteiger partial charge is 0.496 e. The number of nitrogens with zero attached hydrogens (tertiary/aromatic N) is 2. The van der Waals surface area contributed by atoms with E-state index in [9.17, 15) is 18.3 Å². The van der Waals surface area contributed by atoms with Crippen molar-refractivity contribution < 1.29 is 23.1 Å². The Labute approximate surface area is 201 Å². The van der Waals surface area contributed by atoms with Crippen LogP contribution in [0.25, 0.3) is 11.3 Å². The number of sulfone groups is 1. The first-order valence-electron chi connectivity index (χ1n) is 10.3. The minimum atomic E-state index is -3.14. The van der Waals surface area contributed by atoms with Crippen LogP contribution in [0.1, 0.15) is 43.1 Å². The lowest BCUT2D eigenvalue weighted by atomic mass is 9.84. The molecule has 8 nitrogen and oxygen atoms in total. The molecule has 0 saturated heterocycles. The summed E-state index contributed by atoms with van der Waals surface area (Å²) in [6.07, 6.45) is 2.54. The molecule has 0 atom stereocenters. The topological polar surface area (TPSA) is 111 Å². The zero-order chi connectivity index (χ0) is 23.7. The second-order valence-electron chi connectivity index (χ2n) is 8.11. The number of methoxy groups -OCH3 is 1. The minimum Gasteiger partial charge on any atom is -0.496 e. The predicted octanol–water partition coefficient (Wildman–Crippen LogP) is 3.44. The molecular weight excluding hydrogens is 522 g/mol. The molecule has 2 N–H and O–H groups in total. The van der Waals surface area contributed by atoms with Gasteiger partial charge in [0.05, 0.1) is 28.7 Å². The lowest BCUT2D eigenvalue weighted by Crippen LogP contribution is -2.47. The van der Waals surface area contributed by atoms with Gasteiger partial charge in [-0.15, -0.1) is 0 Å². The number of halogens is 2. The number of aliphatic hydroxyl groups is 1. The van der Waals surface area contributed by atoms with E-state index in [-0.39, 0.29) is 17.3 Å². The molecule has 1 heterocycles. The molecule has 1 aliphatic rings. The van der Waals surface area contributed by atoms with Gasteiger partial charge in [0, 0.05) is 29.4 Å². The second kappa shape index (κ2) is 9.70. The van der Waals surface area contributed by atoms with Crippen LogP contribution in [-0.4, -0.2) is 60.0 Å². The molecule has 0 bridgehead atoms. The van der Waals surface area contributed by atoms with Crippen LogP contribution in [0.3, 0.4) is 0 Å². The van der Waals surface area contributed by atoms with Crippen LogP contribution in [0.5, 0.6) is 5.75 Å². The summed E-state index contributed by atoms with van der Waals surface area (Å²) >= 11 is 10.0. The molecule has 1 aromatic carbocycles. The number of ether oxygens (including phenoxy) is 1. The summed E-state index contributed by atoms with van der Waals surface area (Å²) in [4.78, 5) is 12.9. The van der Waals surface area contributed by atoms with E-state index in [1.807, 2.05) is 19.1 Å². The van der Waals surface area contributed by atoms with E-state index in [1.54, 1.807) is 17.9 Å². The first-order valence-corrected chi connectivity index (χ1v) is 13.4. The Balaban J connectivity index is 1.79. The molecule has 176 valence electrons. The van der Waals surface area contributed by atoms with Crippen molar-refractivity contribution in [1.29, 1.82) is 0 Å². The fraction of sp³-hybridized carbons (Fsp3) is 0.524. The molecule has 1 amide bonds. The molecule has 32 heavy (non-hydrogen) atoms. The van der Waals surface area contributed by atoms with Crippen LogP contribution < -0.4 is 10.1 Å². The average molecular weight is 549 g/mol. The Morgan fingerprint density at radius 3 is 2.62 bits per heavy atom. The van der Waals surface area contributed by atoms with Crippen LogP contribution in [0.15, 0.2) is 22.7 Å². The molecule has 0 radical (unpaired) electrons. The lowest BCUT2D eigenvalue weighted by molar-refractivity contribution is 0.00606. The van der Waals surface area contributed by atoms with Crippen LogP contribution in [-0.2, 0) is 16.4 Å². The number of benzene rings is 1. The van der Waals surface area contributed by atoms with Gasteiger partial charge in [0.2, 0.25) is 0 Å². The van der Waals surface area contributed by atoms with Crippen LogP contribution in [0.2, 0.25) is 5.02 Å². The first kappa shape index (κ1) is 25.0. The third-order valence-corrected chi connectivity index (χ3v) is 8.41. The fourth-order valence-electron chi connectivity index (χ4n) is 3.99. The van der Waals surface area contributed by atoms with Crippen molar-refractivity contribution in [2.75, 3.05) is 19.9 Å². The molecule has 0 aliphatic heterocycles. The van der Waals surface area contributed by atoms with Crippen LogP contribution in [0.4, 0.5) is 0 Å². The van der Waals surface area contributed by atoms with Crippen molar-refractivity contribution in [3.63, 3.8) is 0 Å². The maximum atomic E-state index is 12.9. The van der Waals surface area contributed by atoms with Gasteiger partial charge in [0.15, 0.2) is 5.69 Å². The standard InChI is InChI=1S/C21H27BrClN3O5S/c1-4-26-19(15-6-5-13(22)11-16(15)31-2)17(23)18(25-26)20(27)24-12-21(28)9-7-14(8-10-21)32(3,29)30/h5-6,11,14,28H,4,7-10,12H2,1-3H3,(H,24,27). The molecule has 3 rings (SSSR count). The Kier molecular flexibility index (Phi) is 7.59. The number of carbonyl (C=O) groups is 1. The van der Waals surface area contributed by atoms with Gasteiger partial charge in [0.1, 0.15) is 15.6 Å². The number of amides is 1. The maximum Gasteiger partial charge on any atom is 0.273 e. The summed E-state index contributed by atoms with van der Waals surface area (Å²) in [5.41, 5.74) is 0.166. The second-order valence-corrected chi connectivity index (χ2v) is 11.7. The predicted molar refractivity (Wildman–Crippen MR) is 127 cm³/mol. The Morgan fingerprint density at radius 1 is 1.41 bits per heavy atom. The minimum absolute atomic E-state index is 0.00539. The van der Waals surface area contributed by atoms with Gasteiger partial charge in [0.25, 0.3) is 5.91 Å². The summed E-state index contributed by atoms with van der Waals surface area (Å²) in [6.45, 7) is 2.37. The number of carbonyl (C=O) groups excluding carboxylic acids is 1. The molecule has 1 aromatic heterocycles. The summed E-state index contributed by atoms with van der Waals surface area (Å²) in [7, 11) is -1.58. The quantitative estimate of drug-likeness (QED) is 0.548. The number of aryl methyl sites for hydroxylation is 1. The van der Waals surface area contributed by atoms with E-state index >= 15 is 0 Å². The third-order valence-electron chi connectivity index (χ3n) is 5.87. The molecular formula is C21H27BrClN3O5S. The van der Waals surface area contributed by atoms with Gasteiger partial charge in [-0.25, -0.2) is 8.42 Å². The molecule has 1 saturated carbocycles. The molecule has 0 unspecified atom stereocenters. The van der Waals surface area contributed by atoms with E-state index in [0.29, 0.717) is 49.2 Å². The van der Waals surface area contributed by atoms with Crippen molar-refractivity contribution in [3.8, 4) is 17.0 Å². The molecule has 1 aliphatic carbocycles. The Bertz CT molecular complexity index is 1110. The van der Waals surface area contributed by atoms with Crippen molar-refractivity contribution in [2.45, 2.75) is 50.0 Å². The van der Waals surface area contributed by atoms with Crippen molar-refractivity contribution in [3.05, 3.63) is 33.4 Å². The maximum absolute atomic E-state index is 12.9. The molecule has 11 heteroatoms. The van der Waals surface area contributed by atoms with Crippen molar-refractivity contribution in [1.82, 2.24) is 15.1 Å². The van der Waals surface area contributed by atoms with Gasteiger partial charge in [-0.2, -0.15) is 5.10 Å². The summed E-state index contributed by atoms with van der Waals surface area (Å²) in [5, 5.41) is 17.7. The first-order chi connectivity index (χ1) is 15.0. The third kappa shape index (κ3) is 5.30. The highest BCUT2D eigenvalue weighted by molar-refractivity contribution is 9.10. The van der Waals surface area contributed by atoms with E-state index in [4.69, 9.17) is 16.3 Å². The van der Waals surface area contributed by atoms with E-state index in [2.05, 4.69) is 26.3 Å². The lowest BCUT2D eigenvalue weighted by Gasteiger charge is -2.35. The normalized spacial score (nSPS) is 21.4. The van der Waals surface area contributed by atoms with Gasteiger partial charge in [-0.3, -0.25) is 9.48 Å². The molecule has 0 spiro atoms. The summed E-state index contributed by atoms with van der Waals surface area (Å²) in [5.74, 6) is 0.0815. The summed E-state index contributed by atoms with van der Waals surface area (Å²) in [6, 6.07) is 5.49. The Hall–Kier alpha value is -1.62. The zero-order valence-corrected chi connectivity index (χ0v) is 21.3. The van der Waals surface area contributed by atoms with Crippen LogP contribution >= 0.6 is 27.5 Å². The van der Waals surface area contributed by atoms with E-state index in [0.717, 1.165) is 4.47 Å². The number of hydrogen-bond acceptors (Lipinski definition) is 6. The van der Waals surface area contributed by atoms with Gasteiger partial charge >= 0.3 is 0 Å². The smallest absolute Gasteiger partial charge is 0.273 e. The van der Waals surface area contributed by atoms with E-state index in [1.165, 1.54) is 6.26 Å². The number of nitrogens with one attached hydrogen (secondary N) is 1. The summed E-state index contributed by atoms with van der Waals surface area (Å²) < 4.78 is 31.4. The van der Waals surface area contributed by atoms with Crippen molar-refractivity contribution >= 4 is 43.3 Å². The van der Waals surface area contributed by atoms with Gasteiger partial charge in [-0.05, 0) is 50.8 Å².